The topological polar surface area (TPSA) is 92.6 Å². The van der Waals surface area contributed by atoms with Gasteiger partial charge in [0.1, 0.15) is 16.6 Å². The molecule has 1 N–H and O–H groups in total. The number of rotatable bonds is 5. The molecule has 26 heavy (non-hydrogen) atoms. The summed E-state index contributed by atoms with van der Waals surface area (Å²) < 4.78 is 0.274. The smallest absolute Gasteiger partial charge is 0.292 e. The van der Waals surface area contributed by atoms with Gasteiger partial charge >= 0.3 is 0 Å². The first kappa shape index (κ1) is 18.2. The maximum absolute atomic E-state index is 12.5. The average Bonchev–Trinajstić information content (AvgIpc) is 3.19. The molecule has 1 saturated heterocycles. The second kappa shape index (κ2) is 7.77. The SMILES string of the molecule is O=C(CN1C(=O)/C(=C\c2cccs2)SC1=S)Nc1ccccc1[N+](=O)[O-]. The number of nitrogens with one attached hydrogen (secondary N) is 1. The Morgan fingerprint density at radius 2 is 2.08 bits per heavy atom. The van der Waals surface area contributed by atoms with Gasteiger partial charge in [0.2, 0.25) is 5.91 Å². The predicted molar refractivity (Wildman–Crippen MR) is 106 cm³/mol. The van der Waals surface area contributed by atoms with Crippen LogP contribution < -0.4 is 5.32 Å². The van der Waals surface area contributed by atoms with Gasteiger partial charge in [0, 0.05) is 10.9 Å². The second-order valence-corrected chi connectivity index (χ2v) is 7.76. The number of anilines is 1. The molecule has 0 radical (unpaired) electrons. The molecule has 1 aliphatic rings. The Kier molecular flexibility index (Phi) is 5.45. The minimum Gasteiger partial charge on any atom is -0.319 e. The molecule has 1 aromatic heterocycles. The number of nitrogens with zero attached hydrogens (tertiary/aromatic N) is 2. The minimum atomic E-state index is -0.584. The molecule has 0 bridgehead atoms. The number of carbonyl (C=O) groups is 2. The van der Waals surface area contributed by atoms with Gasteiger partial charge < -0.3 is 5.32 Å². The lowest BCUT2D eigenvalue weighted by Crippen LogP contribution is -2.36. The summed E-state index contributed by atoms with van der Waals surface area (Å²) in [7, 11) is 0. The van der Waals surface area contributed by atoms with E-state index < -0.39 is 10.8 Å². The summed E-state index contributed by atoms with van der Waals surface area (Å²) in [6.45, 7) is -0.307. The Balaban J connectivity index is 1.71. The number of thiocarbonyl (C=S) groups is 1. The van der Waals surface area contributed by atoms with Gasteiger partial charge in [0.25, 0.3) is 11.6 Å². The van der Waals surface area contributed by atoms with Gasteiger partial charge in [-0.1, -0.05) is 42.2 Å². The van der Waals surface area contributed by atoms with Gasteiger partial charge in [-0.25, -0.2) is 0 Å². The number of para-hydroxylation sites is 2. The zero-order valence-electron chi connectivity index (χ0n) is 13.1. The number of hydrogen-bond acceptors (Lipinski definition) is 7. The third kappa shape index (κ3) is 3.98. The van der Waals surface area contributed by atoms with Crippen molar-refractivity contribution in [3.05, 3.63) is 61.7 Å². The molecule has 0 aliphatic carbocycles. The summed E-state index contributed by atoms with van der Waals surface area (Å²) >= 11 is 7.79. The average molecular weight is 405 g/mol. The highest BCUT2D eigenvalue weighted by Gasteiger charge is 2.33. The zero-order valence-corrected chi connectivity index (χ0v) is 15.5. The standard InChI is InChI=1S/C16H11N3O4S3/c20-14(17-11-5-1-2-6-12(11)19(22)23)9-18-15(21)13(26-16(18)24)8-10-4-3-7-25-10/h1-8H,9H2,(H,17,20)/b13-8+. The fraction of sp³-hybridized carbons (Fsp3) is 0.0625. The molecular weight excluding hydrogens is 394 g/mol. The molecule has 0 atom stereocenters. The second-order valence-electron chi connectivity index (χ2n) is 5.11. The maximum Gasteiger partial charge on any atom is 0.292 e. The molecule has 0 unspecified atom stereocenters. The summed E-state index contributed by atoms with van der Waals surface area (Å²) in [5.41, 5.74) is -0.147. The van der Waals surface area contributed by atoms with E-state index in [9.17, 15) is 19.7 Å². The highest BCUT2D eigenvalue weighted by atomic mass is 32.2. The number of hydrogen-bond donors (Lipinski definition) is 1. The van der Waals surface area contributed by atoms with E-state index in [1.807, 2.05) is 17.5 Å². The van der Waals surface area contributed by atoms with Crippen LogP contribution in [0.1, 0.15) is 4.88 Å². The molecular formula is C16H11N3O4S3. The third-order valence-electron chi connectivity index (χ3n) is 3.37. The molecule has 1 aliphatic heterocycles. The Hall–Kier alpha value is -2.56. The fourth-order valence-corrected chi connectivity index (χ4v) is 4.19. The molecule has 10 heteroatoms. The molecule has 7 nitrogen and oxygen atoms in total. The van der Waals surface area contributed by atoms with E-state index in [4.69, 9.17) is 12.2 Å². The van der Waals surface area contributed by atoms with Gasteiger partial charge in [0.15, 0.2) is 0 Å². The van der Waals surface area contributed by atoms with Crippen LogP contribution in [0.25, 0.3) is 6.08 Å². The Morgan fingerprint density at radius 3 is 2.77 bits per heavy atom. The van der Waals surface area contributed by atoms with Gasteiger partial charge in [-0.15, -0.1) is 11.3 Å². The largest absolute Gasteiger partial charge is 0.319 e. The lowest BCUT2D eigenvalue weighted by Gasteiger charge is -2.14. The quantitative estimate of drug-likeness (QED) is 0.354. The first-order chi connectivity index (χ1) is 12.5. The molecule has 2 aromatic rings. The number of nitro benzene ring substituents is 1. The van der Waals surface area contributed by atoms with E-state index in [1.54, 1.807) is 12.1 Å². The van der Waals surface area contributed by atoms with E-state index in [-0.39, 0.29) is 28.1 Å². The third-order valence-corrected chi connectivity index (χ3v) is 5.56. The van der Waals surface area contributed by atoms with Crippen LogP contribution in [0, 0.1) is 10.1 Å². The molecule has 3 rings (SSSR count). The lowest BCUT2D eigenvalue weighted by atomic mass is 10.2. The van der Waals surface area contributed by atoms with E-state index >= 15 is 0 Å². The van der Waals surface area contributed by atoms with Crippen molar-refractivity contribution in [2.24, 2.45) is 0 Å². The van der Waals surface area contributed by atoms with Crippen molar-refractivity contribution in [3.8, 4) is 0 Å². The highest BCUT2D eigenvalue weighted by Crippen LogP contribution is 2.33. The number of nitro groups is 1. The van der Waals surface area contributed by atoms with E-state index in [0.29, 0.717) is 4.91 Å². The number of thioether (sulfide) groups is 1. The van der Waals surface area contributed by atoms with Crippen molar-refractivity contribution < 1.29 is 14.5 Å². The highest BCUT2D eigenvalue weighted by molar-refractivity contribution is 8.26. The summed E-state index contributed by atoms with van der Waals surface area (Å²) in [5, 5.41) is 15.4. The zero-order chi connectivity index (χ0) is 18.7. The molecule has 1 fully saturated rings. The van der Waals surface area contributed by atoms with Crippen LogP contribution in [-0.2, 0) is 9.59 Å². The van der Waals surface area contributed by atoms with Crippen LogP contribution in [-0.4, -0.2) is 32.5 Å². The molecule has 1 aromatic carbocycles. The van der Waals surface area contributed by atoms with Gasteiger partial charge in [-0.3, -0.25) is 24.6 Å². The van der Waals surface area contributed by atoms with E-state index in [1.165, 1.54) is 34.4 Å². The number of amides is 2. The van der Waals surface area contributed by atoms with Gasteiger partial charge in [0.05, 0.1) is 9.83 Å². The first-order valence-electron chi connectivity index (χ1n) is 7.28. The van der Waals surface area contributed by atoms with Crippen molar-refractivity contribution >= 4 is 68.9 Å². The van der Waals surface area contributed by atoms with Crippen LogP contribution >= 0.6 is 35.3 Å². The summed E-state index contributed by atoms with van der Waals surface area (Å²) in [6.07, 6.45) is 1.73. The summed E-state index contributed by atoms with van der Waals surface area (Å²) in [4.78, 5) is 37.7. The minimum absolute atomic E-state index is 0.0714. The number of carbonyl (C=O) groups excluding carboxylic acids is 2. The molecule has 0 spiro atoms. The molecule has 0 saturated carbocycles. The van der Waals surface area contributed by atoms with Crippen molar-refractivity contribution in [2.45, 2.75) is 0 Å². The first-order valence-corrected chi connectivity index (χ1v) is 9.38. The van der Waals surface area contributed by atoms with Gasteiger partial charge in [-0.2, -0.15) is 0 Å². The van der Waals surface area contributed by atoms with Crippen molar-refractivity contribution in [1.29, 1.82) is 0 Å². The van der Waals surface area contributed by atoms with E-state index in [0.717, 1.165) is 16.6 Å². The molecule has 2 heterocycles. The van der Waals surface area contributed by atoms with Crippen LogP contribution in [0.4, 0.5) is 11.4 Å². The number of thiophene rings is 1. The number of benzene rings is 1. The monoisotopic (exact) mass is 405 g/mol. The van der Waals surface area contributed by atoms with Crippen LogP contribution in [0.15, 0.2) is 46.7 Å². The lowest BCUT2D eigenvalue weighted by molar-refractivity contribution is -0.383. The predicted octanol–water partition coefficient (Wildman–Crippen LogP) is 3.50. The van der Waals surface area contributed by atoms with E-state index in [2.05, 4.69) is 5.32 Å². The van der Waals surface area contributed by atoms with Crippen molar-refractivity contribution in [3.63, 3.8) is 0 Å². The van der Waals surface area contributed by atoms with Crippen LogP contribution in [0.3, 0.4) is 0 Å². The normalized spacial score (nSPS) is 15.5. The summed E-state index contributed by atoms with van der Waals surface area (Å²) in [5.74, 6) is -0.918. The molecule has 132 valence electrons. The van der Waals surface area contributed by atoms with Crippen molar-refractivity contribution in [1.82, 2.24) is 4.90 Å². The Bertz CT molecular complexity index is 925. The van der Waals surface area contributed by atoms with Crippen LogP contribution in [0.2, 0.25) is 0 Å². The van der Waals surface area contributed by atoms with Gasteiger partial charge in [-0.05, 0) is 23.6 Å². The summed E-state index contributed by atoms with van der Waals surface area (Å²) in [6, 6.07) is 9.54. The molecule has 2 amide bonds. The Morgan fingerprint density at radius 1 is 1.31 bits per heavy atom. The maximum atomic E-state index is 12.5. The van der Waals surface area contributed by atoms with Crippen LogP contribution in [0.5, 0.6) is 0 Å². The van der Waals surface area contributed by atoms with Crippen molar-refractivity contribution in [2.75, 3.05) is 11.9 Å². The Labute approximate surface area is 161 Å². The fourth-order valence-electron chi connectivity index (χ4n) is 2.21.